The van der Waals surface area contributed by atoms with Crippen molar-refractivity contribution < 1.29 is 5.11 Å². The second-order valence-corrected chi connectivity index (χ2v) is 7.80. The first-order valence-electron chi connectivity index (χ1n) is 9.70. The van der Waals surface area contributed by atoms with E-state index in [1.807, 2.05) is 13.1 Å². The molecule has 3 nitrogen and oxygen atoms in total. The zero-order valence-corrected chi connectivity index (χ0v) is 16.1. The molecule has 1 aliphatic heterocycles. The fraction of sp³-hybridized carbons (Fsp3) is 0.714. The molecule has 0 spiro atoms. The van der Waals surface area contributed by atoms with E-state index in [0.29, 0.717) is 18.2 Å². The summed E-state index contributed by atoms with van der Waals surface area (Å²) in [6.07, 6.45) is 6.53. The summed E-state index contributed by atoms with van der Waals surface area (Å²) >= 11 is 0. The van der Waals surface area contributed by atoms with Gasteiger partial charge in [0.15, 0.2) is 0 Å². The van der Waals surface area contributed by atoms with Gasteiger partial charge < -0.3 is 15.3 Å². The maximum Gasteiger partial charge on any atom is 0.120 e. The molecular weight excluding hydrogens is 296 g/mol. The summed E-state index contributed by atoms with van der Waals surface area (Å²) in [6.45, 7) is 11.3. The fourth-order valence-corrected chi connectivity index (χ4v) is 3.97. The van der Waals surface area contributed by atoms with Crippen molar-refractivity contribution in [2.45, 2.75) is 64.8 Å². The minimum atomic E-state index is 0.162. The number of unbranched alkanes of at least 4 members (excludes halogenated alkanes) is 3. The molecular formula is C21H36N2O. The number of phenols is 1. The largest absolute Gasteiger partial charge is 0.508 e. The van der Waals surface area contributed by atoms with Crippen molar-refractivity contribution >= 4 is 0 Å². The number of hydrogen-bond acceptors (Lipinski definition) is 3. The third kappa shape index (κ3) is 4.52. The number of rotatable bonds is 8. The Morgan fingerprint density at radius 2 is 2.08 bits per heavy atom. The maximum absolute atomic E-state index is 10.3. The summed E-state index contributed by atoms with van der Waals surface area (Å²) in [5.41, 5.74) is 2.43. The van der Waals surface area contributed by atoms with Crippen molar-refractivity contribution in [1.29, 1.82) is 0 Å². The van der Waals surface area contributed by atoms with E-state index in [0.717, 1.165) is 5.56 Å². The Bertz CT molecular complexity index is 517. The minimum absolute atomic E-state index is 0.162. The molecule has 0 amide bonds. The number of nitrogens with one attached hydrogen (secondary N) is 1. The normalized spacial score (nSPS) is 25.1. The van der Waals surface area contributed by atoms with Gasteiger partial charge in [-0.25, -0.2) is 0 Å². The quantitative estimate of drug-likeness (QED) is 0.697. The molecule has 1 aromatic rings. The van der Waals surface area contributed by atoms with Crippen LogP contribution in [-0.4, -0.2) is 36.7 Å². The molecule has 2 rings (SSSR count). The number of phenolic OH excluding ortho intramolecular Hbond substituents is 1. The molecule has 2 atom stereocenters. The van der Waals surface area contributed by atoms with E-state index in [-0.39, 0.29) is 5.41 Å². The first-order valence-corrected chi connectivity index (χ1v) is 9.70. The van der Waals surface area contributed by atoms with E-state index in [9.17, 15) is 5.11 Å². The van der Waals surface area contributed by atoms with Crippen LogP contribution in [0.3, 0.4) is 0 Å². The first-order chi connectivity index (χ1) is 11.5. The van der Waals surface area contributed by atoms with Crippen LogP contribution in [0, 0.1) is 5.92 Å². The molecule has 0 aliphatic carbocycles. The van der Waals surface area contributed by atoms with E-state index in [1.54, 1.807) is 0 Å². The monoisotopic (exact) mass is 332 g/mol. The van der Waals surface area contributed by atoms with Gasteiger partial charge in [0.25, 0.3) is 0 Å². The van der Waals surface area contributed by atoms with Crippen molar-refractivity contribution in [3.05, 3.63) is 29.3 Å². The Balaban J connectivity index is 1.99. The Labute approximate surface area is 148 Å². The standard InChI is InChI=1S/C21H36N2O/c1-5-6-7-8-12-23-13-11-21(3,17(2)16-23)19-10-9-18(15-22-4)20(24)14-19/h9-10,14,17,22,24H,5-8,11-13,15-16H2,1-4H3. The molecule has 1 saturated heterocycles. The lowest BCUT2D eigenvalue weighted by atomic mass is 9.68. The third-order valence-electron chi connectivity index (χ3n) is 6.01. The van der Waals surface area contributed by atoms with E-state index in [1.165, 1.54) is 57.3 Å². The Morgan fingerprint density at radius 3 is 2.71 bits per heavy atom. The number of aromatic hydroxyl groups is 1. The van der Waals surface area contributed by atoms with Crippen LogP contribution in [0.5, 0.6) is 5.75 Å². The van der Waals surface area contributed by atoms with Crippen molar-refractivity contribution in [2.75, 3.05) is 26.7 Å². The number of benzene rings is 1. The van der Waals surface area contributed by atoms with Gasteiger partial charge in [-0.1, -0.05) is 52.2 Å². The minimum Gasteiger partial charge on any atom is -0.508 e. The van der Waals surface area contributed by atoms with Gasteiger partial charge in [-0.2, -0.15) is 0 Å². The zero-order chi connectivity index (χ0) is 17.6. The van der Waals surface area contributed by atoms with Crippen molar-refractivity contribution in [3.8, 4) is 5.75 Å². The van der Waals surface area contributed by atoms with E-state index in [2.05, 4.69) is 43.1 Å². The van der Waals surface area contributed by atoms with Crippen LogP contribution in [0.2, 0.25) is 0 Å². The lowest BCUT2D eigenvalue weighted by Gasteiger charge is -2.45. The average molecular weight is 333 g/mol. The van der Waals surface area contributed by atoms with Crippen molar-refractivity contribution in [1.82, 2.24) is 10.2 Å². The number of hydrogen-bond donors (Lipinski definition) is 2. The Kier molecular flexibility index (Phi) is 7.12. The van der Waals surface area contributed by atoms with Crippen LogP contribution < -0.4 is 5.32 Å². The lowest BCUT2D eigenvalue weighted by Crippen LogP contribution is -2.47. The van der Waals surface area contributed by atoms with Crippen molar-refractivity contribution in [2.24, 2.45) is 5.92 Å². The summed E-state index contributed by atoms with van der Waals surface area (Å²) in [5, 5.41) is 13.4. The van der Waals surface area contributed by atoms with Crippen molar-refractivity contribution in [3.63, 3.8) is 0 Å². The van der Waals surface area contributed by atoms with Crippen LogP contribution in [0.1, 0.15) is 64.0 Å². The molecule has 2 unspecified atom stereocenters. The zero-order valence-electron chi connectivity index (χ0n) is 16.1. The Morgan fingerprint density at radius 1 is 1.29 bits per heavy atom. The van der Waals surface area contributed by atoms with Gasteiger partial charge in [-0.15, -0.1) is 0 Å². The SMILES string of the molecule is CCCCCCN1CCC(C)(c2ccc(CNC)c(O)c2)C(C)C1. The molecule has 1 aliphatic rings. The second kappa shape index (κ2) is 8.87. The summed E-state index contributed by atoms with van der Waals surface area (Å²) in [5.74, 6) is 1.03. The summed E-state index contributed by atoms with van der Waals surface area (Å²) < 4.78 is 0. The molecule has 0 radical (unpaired) electrons. The molecule has 3 heteroatoms. The molecule has 1 fully saturated rings. The topological polar surface area (TPSA) is 35.5 Å². The molecule has 0 bridgehead atoms. The maximum atomic E-state index is 10.3. The molecule has 136 valence electrons. The fourth-order valence-electron chi connectivity index (χ4n) is 3.97. The second-order valence-electron chi connectivity index (χ2n) is 7.80. The first kappa shape index (κ1) is 19.3. The van der Waals surface area contributed by atoms with Gasteiger partial charge in [0.2, 0.25) is 0 Å². The van der Waals surface area contributed by atoms with Gasteiger partial charge in [0.05, 0.1) is 0 Å². The van der Waals surface area contributed by atoms with Crippen LogP contribution in [-0.2, 0) is 12.0 Å². The highest BCUT2D eigenvalue weighted by atomic mass is 16.3. The van der Waals surface area contributed by atoms with Gasteiger partial charge in [-0.05, 0) is 55.9 Å². The predicted molar refractivity (Wildman–Crippen MR) is 103 cm³/mol. The van der Waals surface area contributed by atoms with E-state index in [4.69, 9.17) is 0 Å². The van der Waals surface area contributed by atoms with Gasteiger partial charge >= 0.3 is 0 Å². The van der Waals surface area contributed by atoms with Crippen LogP contribution >= 0.6 is 0 Å². The smallest absolute Gasteiger partial charge is 0.120 e. The van der Waals surface area contributed by atoms with Crippen LogP contribution in [0.4, 0.5) is 0 Å². The van der Waals surface area contributed by atoms with Gasteiger partial charge in [0, 0.05) is 18.7 Å². The molecule has 2 N–H and O–H groups in total. The number of nitrogens with zero attached hydrogens (tertiary/aromatic N) is 1. The molecule has 0 saturated carbocycles. The summed E-state index contributed by atoms with van der Waals surface area (Å²) in [6, 6.07) is 6.30. The summed E-state index contributed by atoms with van der Waals surface area (Å²) in [4.78, 5) is 2.64. The van der Waals surface area contributed by atoms with Crippen LogP contribution in [0.15, 0.2) is 18.2 Å². The van der Waals surface area contributed by atoms with E-state index < -0.39 is 0 Å². The molecule has 1 heterocycles. The highest BCUT2D eigenvalue weighted by Crippen LogP contribution is 2.40. The van der Waals surface area contributed by atoms with Gasteiger partial charge in [-0.3, -0.25) is 0 Å². The van der Waals surface area contributed by atoms with Crippen LogP contribution in [0.25, 0.3) is 0 Å². The van der Waals surface area contributed by atoms with E-state index >= 15 is 0 Å². The highest BCUT2D eigenvalue weighted by molar-refractivity contribution is 5.40. The number of piperidine rings is 1. The molecule has 24 heavy (non-hydrogen) atoms. The predicted octanol–water partition coefficient (Wildman–Crippen LogP) is 4.29. The molecule has 0 aromatic heterocycles. The molecule has 1 aromatic carbocycles. The summed E-state index contributed by atoms with van der Waals surface area (Å²) in [7, 11) is 1.91. The van der Waals surface area contributed by atoms with Gasteiger partial charge in [0.1, 0.15) is 5.75 Å². The average Bonchev–Trinajstić information content (AvgIpc) is 2.57. The Hall–Kier alpha value is -1.06. The highest BCUT2D eigenvalue weighted by Gasteiger charge is 2.38. The lowest BCUT2D eigenvalue weighted by molar-refractivity contribution is 0.109. The number of likely N-dealkylation sites (tertiary alicyclic amines) is 1. The third-order valence-corrected chi connectivity index (χ3v) is 6.01.